The zero-order valence-electron chi connectivity index (χ0n) is 21.2. The van der Waals surface area contributed by atoms with Crippen molar-refractivity contribution >= 4 is 29.4 Å². The van der Waals surface area contributed by atoms with Gasteiger partial charge < -0.3 is 19.1 Å². The Morgan fingerprint density at radius 2 is 1.55 bits per heavy atom. The molecule has 0 atom stereocenters. The number of hydrogen-bond acceptors (Lipinski definition) is 8. The smallest absolute Gasteiger partial charge is 0.296 e. The molecule has 2 aliphatic heterocycles. The van der Waals surface area contributed by atoms with Gasteiger partial charge in [-0.1, -0.05) is 12.1 Å². The number of benzene rings is 1. The van der Waals surface area contributed by atoms with E-state index in [9.17, 15) is 8.78 Å². The van der Waals surface area contributed by atoms with Crippen LogP contribution in [0.2, 0.25) is 0 Å². The normalized spacial score (nSPS) is 23.0. The van der Waals surface area contributed by atoms with Crippen molar-refractivity contribution in [1.29, 1.82) is 0 Å². The number of anilines is 1. The van der Waals surface area contributed by atoms with E-state index in [4.69, 9.17) is 24.2 Å². The zero-order chi connectivity index (χ0) is 25.2. The van der Waals surface area contributed by atoms with Crippen LogP contribution in [0.25, 0.3) is 16.9 Å². The highest BCUT2D eigenvalue weighted by Gasteiger charge is 2.29. The molecule has 3 aromatic rings. The molecule has 0 amide bonds. The van der Waals surface area contributed by atoms with Crippen molar-refractivity contribution < 1.29 is 23.0 Å². The number of imidazole rings is 1. The second-order valence-corrected chi connectivity index (χ2v) is 9.76. The van der Waals surface area contributed by atoms with Gasteiger partial charge in [0.05, 0.1) is 37.5 Å². The number of morpholine rings is 2. The van der Waals surface area contributed by atoms with Crippen molar-refractivity contribution in [2.45, 2.75) is 44.3 Å². The van der Waals surface area contributed by atoms with Gasteiger partial charge in [0.2, 0.25) is 11.8 Å². The molecular formula is C26H33ClF2N6O3. The van der Waals surface area contributed by atoms with Crippen LogP contribution in [0.1, 0.15) is 37.9 Å². The van der Waals surface area contributed by atoms with E-state index in [1.807, 2.05) is 11.0 Å². The summed E-state index contributed by atoms with van der Waals surface area (Å²) in [6, 6.07) is 9.32. The Labute approximate surface area is 226 Å². The molecule has 206 valence electrons. The molecule has 12 heteroatoms. The number of para-hydroxylation sites is 2. The zero-order valence-corrected chi connectivity index (χ0v) is 22.0. The summed E-state index contributed by atoms with van der Waals surface area (Å²) in [6.07, 6.45) is 1.22. The molecular weight excluding hydrogens is 518 g/mol. The Morgan fingerprint density at radius 3 is 2.26 bits per heavy atom. The first-order valence-electron chi connectivity index (χ1n) is 13.1. The second kappa shape index (κ2) is 12.1. The molecule has 0 unspecified atom stereocenters. The van der Waals surface area contributed by atoms with Crippen LogP contribution in [0.4, 0.5) is 14.7 Å². The van der Waals surface area contributed by atoms with Crippen LogP contribution in [-0.2, 0) is 9.47 Å². The molecule has 0 bridgehead atoms. The Balaban J connectivity index is 0.00000294. The molecule has 1 saturated carbocycles. The molecule has 0 N–H and O–H groups in total. The van der Waals surface area contributed by atoms with E-state index < -0.39 is 6.43 Å². The average molecular weight is 551 g/mol. The van der Waals surface area contributed by atoms with Gasteiger partial charge in [-0.3, -0.25) is 9.47 Å². The Hall–Kier alpha value is -2.60. The molecule has 2 aromatic heterocycles. The van der Waals surface area contributed by atoms with Crippen LogP contribution in [0.3, 0.4) is 0 Å². The molecule has 3 fully saturated rings. The summed E-state index contributed by atoms with van der Waals surface area (Å²) in [7, 11) is 0. The first-order chi connectivity index (χ1) is 18.2. The van der Waals surface area contributed by atoms with Gasteiger partial charge in [-0.15, -0.1) is 12.4 Å². The lowest BCUT2D eigenvalue weighted by atomic mass is 9.91. The number of aromatic nitrogens is 4. The van der Waals surface area contributed by atoms with Crippen molar-refractivity contribution in [1.82, 2.24) is 24.4 Å². The Bertz CT molecular complexity index is 1210. The van der Waals surface area contributed by atoms with Gasteiger partial charge in [0.25, 0.3) is 6.43 Å². The summed E-state index contributed by atoms with van der Waals surface area (Å²) < 4.78 is 47.0. The highest BCUT2D eigenvalue weighted by Crippen LogP contribution is 2.31. The van der Waals surface area contributed by atoms with Gasteiger partial charge in [-0.05, 0) is 37.8 Å². The molecule has 1 aromatic carbocycles. The quantitative estimate of drug-likeness (QED) is 0.455. The van der Waals surface area contributed by atoms with E-state index in [1.165, 1.54) is 4.57 Å². The molecule has 1 aliphatic carbocycles. The number of alkyl halides is 2. The Morgan fingerprint density at radius 1 is 0.868 bits per heavy atom. The van der Waals surface area contributed by atoms with Gasteiger partial charge in [0.1, 0.15) is 11.9 Å². The topological polar surface area (TPSA) is 77.8 Å². The maximum Gasteiger partial charge on any atom is 0.296 e. The maximum atomic E-state index is 14.1. The van der Waals surface area contributed by atoms with Crippen molar-refractivity contribution in [3.8, 4) is 11.7 Å². The number of hydrogen-bond donors (Lipinski definition) is 0. The lowest BCUT2D eigenvalue weighted by molar-refractivity contribution is -0.00139. The predicted octanol–water partition coefficient (Wildman–Crippen LogP) is 4.03. The van der Waals surface area contributed by atoms with Crippen LogP contribution in [0.5, 0.6) is 5.88 Å². The number of nitrogens with zero attached hydrogens (tertiary/aromatic N) is 6. The number of halogens is 3. The van der Waals surface area contributed by atoms with Crippen LogP contribution in [0.15, 0.2) is 30.3 Å². The van der Waals surface area contributed by atoms with E-state index in [0.29, 0.717) is 61.0 Å². The molecule has 6 rings (SSSR count). The molecule has 0 radical (unpaired) electrons. The maximum absolute atomic E-state index is 14.1. The molecule has 38 heavy (non-hydrogen) atoms. The van der Waals surface area contributed by atoms with E-state index >= 15 is 0 Å². The molecule has 2 saturated heterocycles. The summed E-state index contributed by atoms with van der Waals surface area (Å²) >= 11 is 0. The van der Waals surface area contributed by atoms with Gasteiger partial charge in [0.15, 0.2) is 5.82 Å². The number of rotatable bonds is 6. The Kier molecular flexibility index (Phi) is 8.57. The fourth-order valence-electron chi connectivity index (χ4n) is 5.55. The summed E-state index contributed by atoms with van der Waals surface area (Å²) in [5, 5.41) is 0. The fourth-order valence-corrected chi connectivity index (χ4v) is 5.55. The molecule has 3 aliphatic rings. The third-order valence-corrected chi connectivity index (χ3v) is 7.48. The van der Waals surface area contributed by atoms with E-state index in [2.05, 4.69) is 9.88 Å². The minimum Gasteiger partial charge on any atom is -0.474 e. The van der Waals surface area contributed by atoms with Crippen molar-refractivity contribution in [2.24, 2.45) is 0 Å². The standard InChI is InChI=1S/C26H32F2N6O3.ClH/c27-24(28)25-29-20-3-1-2-4-21(20)34(25)22-17-23(31-26(30-22)33-11-15-36-16-12-33)37-19-7-5-18(6-8-19)32-9-13-35-14-10-32;/h1-4,17-19,24H,5-16H2;1H. The van der Waals surface area contributed by atoms with Crippen LogP contribution in [-0.4, -0.2) is 89.2 Å². The highest BCUT2D eigenvalue weighted by atomic mass is 35.5. The monoisotopic (exact) mass is 550 g/mol. The summed E-state index contributed by atoms with van der Waals surface area (Å²) in [5.41, 5.74) is 1.06. The first kappa shape index (κ1) is 27.0. The summed E-state index contributed by atoms with van der Waals surface area (Å²) in [5.74, 6) is 0.845. The number of ether oxygens (including phenoxy) is 3. The lowest BCUT2D eigenvalue weighted by Gasteiger charge is -2.38. The third kappa shape index (κ3) is 5.70. The van der Waals surface area contributed by atoms with Crippen molar-refractivity contribution in [3.05, 3.63) is 36.2 Å². The van der Waals surface area contributed by atoms with Crippen molar-refractivity contribution in [3.63, 3.8) is 0 Å². The van der Waals surface area contributed by atoms with Crippen LogP contribution in [0, 0.1) is 0 Å². The largest absolute Gasteiger partial charge is 0.474 e. The van der Waals surface area contributed by atoms with Gasteiger partial charge in [-0.25, -0.2) is 13.8 Å². The summed E-state index contributed by atoms with van der Waals surface area (Å²) in [4.78, 5) is 18.1. The minimum absolute atomic E-state index is 0. The second-order valence-electron chi connectivity index (χ2n) is 9.76. The highest BCUT2D eigenvalue weighted by molar-refractivity contribution is 5.85. The average Bonchev–Trinajstić information content (AvgIpc) is 3.35. The predicted molar refractivity (Wildman–Crippen MR) is 141 cm³/mol. The minimum atomic E-state index is -2.76. The first-order valence-corrected chi connectivity index (χ1v) is 13.1. The van der Waals surface area contributed by atoms with Crippen LogP contribution < -0.4 is 9.64 Å². The van der Waals surface area contributed by atoms with Crippen molar-refractivity contribution in [2.75, 3.05) is 57.5 Å². The van der Waals surface area contributed by atoms with E-state index in [0.717, 1.165) is 52.0 Å². The number of fused-ring (bicyclic) bond motifs is 1. The van der Waals surface area contributed by atoms with E-state index in [-0.39, 0.29) is 24.3 Å². The summed E-state index contributed by atoms with van der Waals surface area (Å²) in [6.45, 7) is 5.94. The molecule has 4 heterocycles. The van der Waals surface area contributed by atoms with Crippen LogP contribution >= 0.6 is 12.4 Å². The molecule has 9 nitrogen and oxygen atoms in total. The molecule has 0 spiro atoms. The van der Waals surface area contributed by atoms with Gasteiger partial charge >= 0.3 is 0 Å². The fraction of sp³-hybridized carbons (Fsp3) is 0.577. The third-order valence-electron chi connectivity index (χ3n) is 7.48. The van der Waals surface area contributed by atoms with E-state index in [1.54, 1.807) is 24.3 Å². The SMILES string of the molecule is Cl.FC(F)c1nc2ccccc2n1-c1cc(OC2CCC(N3CCOCC3)CC2)nc(N2CCOCC2)n1. The lowest BCUT2D eigenvalue weighted by Crippen LogP contribution is -2.46. The van der Waals surface area contributed by atoms with Gasteiger partial charge in [-0.2, -0.15) is 9.97 Å². The van der Waals surface area contributed by atoms with Gasteiger partial charge in [0, 0.05) is 38.3 Å².